The van der Waals surface area contributed by atoms with E-state index in [9.17, 15) is 0 Å². The highest BCUT2D eigenvalue weighted by molar-refractivity contribution is 6.16. The second-order valence-corrected chi connectivity index (χ2v) is 2.81. The Morgan fingerprint density at radius 2 is 2.36 bits per heavy atom. The van der Waals surface area contributed by atoms with Crippen LogP contribution in [0.1, 0.15) is 17.7 Å². The molecule has 2 bridgehead atoms. The zero-order valence-corrected chi connectivity index (χ0v) is 5.91. The Kier molecular flexibility index (Phi) is 0.756. The fourth-order valence-electron chi connectivity index (χ4n) is 1.63. The van der Waals surface area contributed by atoms with Crippen LogP contribution < -0.4 is 0 Å². The summed E-state index contributed by atoms with van der Waals surface area (Å²) in [6, 6.07) is 4.08. The maximum Gasteiger partial charge on any atom is 0.0923 e. The van der Waals surface area contributed by atoms with E-state index in [1.165, 1.54) is 11.1 Å². The SMILES string of the molecule is C1=C2CC(=N1)c1ncccc12. The van der Waals surface area contributed by atoms with E-state index in [2.05, 4.69) is 16.0 Å². The first-order valence-electron chi connectivity index (χ1n) is 3.66. The van der Waals surface area contributed by atoms with Crippen LogP contribution in [0.5, 0.6) is 0 Å². The predicted molar refractivity (Wildman–Crippen MR) is 43.4 cm³/mol. The number of allylic oxidation sites excluding steroid dienone is 1. The number of pyridine rings is 1. The van der Waals surface area contributed by atoms with Crippen LogP contribution >= 0.6 is 0 Å². The van der Waals surface area contributed by atoms with Crippen LogP contribution in [0.4, 0.5) is 0 Å². The summed E-state index contributed by atoms with van der Waals surface area (Å²) in [5.41, 5.74) is 4.82. The minimum absolute atomic E-state index is 0.992. The summed E-state index contributed by atoms with van der Waals surface area (Å²) >= 11 is 0. The van der Waals surface area contributed by atoms with Gasteiger partial charge in [0, 0.05) is 24.4 Å². The molecule has 52 valence electrons. The van der Waals surface area contributed by atoms with Gasteiger partial charge in [0.2, 0.25) is 0 Å². The van der Waals surface area contributed by atoms with Gasteiger partial charge in [0.15, 0.2) is 0 Å². The molecule has 0 saturated heterocycles. The number of aromatic nitrogens is 1. The molecule has 1 aromatic rings. The van der Waals surface area contributed by atoms with Gasteiger partial charge >= 0.3 is 0 Å². The third kappa shape index (κ3) is 0.522. The molecule has 1 aromatic heterocycles. The fourth-order valence-corrected chi connectivity index (χ4v) is 1.63. The zero-order chi connectivity index (χ0) is 7.26. The Morgan fingerprint density at radius 3 is 3.27 bits per heavy atom. The van der Waals surface area contributed by atoms with Crippen molar-refractivity contribution in [2.24, 2.45) is 4.99 Å². The standard InChI is InChI=1S/C9H6N2/c1-2-7-6-4-8(11-5-6)9(7)10-3-1/h1-3,5H,4H2. The first kappa shape index (κ1) is 5.24. The monoisotopic (exact) mass is 142 g/mol. The van der Waals surface area contributed by atoms with Crippen molar-refractivity contribution in [3.8, 4) is 0 Å². The van der Waals surface area contributed by atoms with Crippen molar-refractivity contribution >= 4 is 11.3 Å². The summed E-state index contributed by atoms with van der Waals surface area (Å²) in [6.07, 6.45) is 4.76. The molecule has 3 rings (SSSR count). The highest BCUT2D eigenvalue weighted by Crippen LogP contribution is 2.35. The normalized spacial score (nSPS) is 17.8. The van der Waals surface area contributed by atoms with Crippen LogP contribution in [0.15, 0.2) is 29.5 Å². The molecule has 0 unspecified atom stereocenters. The largest absolute Gasteiger partial charge is 0.258 e. The van der Waals surface area contributed by atoms with E-state index in [1.807, 2.05) is 18.5 Å². The van der Waals surface area contributed by atoms with E-state index < -0.39 is 0 Å². The van der Waals surface area contributed by atoms with Gasteiger partial charge in [-0.25, -0.2) is 0 Å². The van der Waals surface area contributed by atoms with Crippen molar-refractivity contribution in [1.29, 1.82) is 0 Å². The van der Waals surface area contributed by atoms with Crippen LogP contribution in [0.25, 0.3) is 5.57 Å². The van der Waals surface area contributed by atoms with Crippen molar-refractivity contribution in [1.82, 2.24) is 4.98 Å². The molecule has 0 saturated carbocycles. The van der Waals surface area contributed by atoms with Gasteiger partial charge in [0.05, 0.1) is 11.4 Å². The molecule has 2 nitrogen and oxygen atoms in total. The Labute approximate surface area is 64.3 Å². The molecule has 11 heavy (non-hydrogen) atoms. The Bertz CT molecular complexity index is 351. The van der Waals surface area contributed by atoms with Crippen LogP contribution in [0, 0.1) is 0 Å². The summed E-state index contributed by atoms with van der Waals surface area (Å²) in [4.78, 5) is 8.51. The van der Waals surface area contributed by atoms with Crippen molar-refractivity contribution in [2.75, 3.05) is 0 Å². The van der Waals surface area contributed by atoms with Gasteiger partial charge in [-0.05, 0) is 11.6 Å². The molecular weight excluding hydrogens is 136 g/mol. The van der Waals surface area contributed by atoms with Crippen LogP contribution in [-0.4, -0.2) is 10.7 Å². The van der Waals surface area contributed by atoms with Crippen LogP contribution in [-0.2, 0) is 0 Å². The number of aliphatic imine (C=N–C) groups is 1. The van der Waals surface area contributed by atoms with E-state index in [0.717, 1.165) is 17.8 Å². The number of fused-ring (bicyclic) bond motifs is 5. The molecule has 1 aliphatic carbocycles. The maximum absolute atomic E-state index is 4.27. The van der Waals surface area contributed by atoms with E-state index in [1.54, 1.807) is 0 Å². The van der Waals surface area contributed by atoms with Gasteiger partial charge in [0.1, 0.15) is 0 Å². The zero-order valence-electron chi connectivity index (χ0n) is 5.91. The predicted octanol–water partition coefficient (Wildman–Crippen LogP) is 1.63. The van der Waals surface area contributed by atoms with E-state index in [4.69, 9.17) is 0 Å². The molecule has 0 radical (unpaired) electrons. The van der Waals surface area contributed by atoms with Crippen LogP contribution in [0.3, 0.4) is 0 Å². The first-order valence-corrected chi connectivity index (χ1v) is 3.66. The van der Waals surface area contributed by atoms with Gasteiger partial charge in [-0.2, -0.15) is 0 Å². The fraction of sp³-hybridized carbons (Fsp3) is 0.111. The lowest BCUT2D eigenvalue weighted by atomic mass is 10.1. The molecule has 2 heteroatoms. The van der Waals surface area contributed by atoms with Crippen molar-refractivity contribution in [3.63, 3.8) is 0 Å². The van der Waals surface area contributed by atoms with Gasteiger partial charge in [-0.15, -0.1) is 0 Å². The minimum atomic E-state index is 0.992. The summed E-state index contributed by atoms with van der Waals surface area (Å²) in [7, 11) is 0. The molecule has 2 heterocycles. The van der Waals surface area contributed by atoms with E-state index in [0.29, 0.717) is 0 Å². The third-order valence-electron chi connectivity index (χ3n) is 2.16. The number of rotatable bonds is 0. The lowest BCUT2D eigenvalue weighted by Crippen LogP contribution is -1.96. The lowest BCUT2D eigenvalue weighted by Gasteiger charge is -1.99. The van der Waals surface area contributed by atoms with Crippen molar-refractivity contribution in [2.45, 2.75) is 6.42 Å². The molecule has 0 aromatic carbocycles. The molecule has 1 aliphatic heterocycles. The summed E-state index contributed by atoms with van der Waals surface area (Å²) in [5.74, 6) is 0. The topological polar surface area (TPSA) is 25.2 Å². The van der Waals surface area contributed by atoms with Gasteiger partial charge in [0.25, 0.3) is 0 Å². The van der Waals surface area contributed by atoms with Crippen LogP contribution in [0.2, 0.25) is 0 Å². The smallest absolute Gasteiger partial charge is 0.0923 e. The van der Waals surface area contributed by atoms with Crippen molar-refractivity contribution in [3.05, 3.63) is 35.8 Å². The molecule has 0 atom stereocenters. The average Bonchev–Trinajstić information content (AvgIpc) is 2.64. The van der Waals surface area contributed by atoms with E-state index in [-0.39, 0.29) is 0 Å². The molecule has 2 aliphatic rings. The van der Waals surface area contributed by atoms with E-state index >= 15 is 0 Å². The Balaban J connectivity index is 2.41. The first-order chi connectivity index (χ1) is 5.45. The van der Waals surface area contributed by atoms with Gasteiger partial charge < -0.3 is 0 Å². The summed E-state index contributed by atoms with van der Waals surface area (Å²) in [6.45, 7) is 0. The van der Waals surface area contributed by atoms with Gasteiger partial charge in [-0.3, -0.25) is 9.98 Å². The molecule has 0 amide bonds. The summed E-state index contributed by atoms with van der Waals surface area (Å²) < 4.78 is 0. The molecule has 0 spiro atoms. The third-order valence-corrected chi connectivity index (χ3v) is 2.16. The Morgan fingerprint density at radius 1 is 1.36 bits per heavy atom. The lowest BCUT2D eigenvalue weighted by molar-refractivity contribution is 1.28. The second kappa shape index (κ2) is 1.59. The van der Waals surface area contributed by atoms with Gasteiger partial charge in [-0.1, -0.05) is 6.07 Å². The second-order valence-electron chi connectivity index (χ2n) is 2.81. The number of hydrogen-bond donors (Lipinski definition) is 0. The average molecular weight is 142 g/mol. The highest BCUT2D eigenvalue weighted by atomic mass is 14.8. The molecule has 0 N–H and O–H groups in total. The Hall–Kier alpha value is -1.44. The minimum Gasteiger partial charge on any atom is -0.258 e. The highest BCUT2D eigenvalue weighted by Gasteiger charge is 2.26. The quantitative estimate of drug-likeness (QED) is 0.540. The molecular formula is C9H6N2. The maximum atomic E-state index is 4.27. The summed E-state index contributed by atoms with van der Waals surface area (Å²) in [5, 5.41) is 0. The molecule has 0 fully saturated rings. The van der Waals surface area contributed by atoms with Crippen molar-refractivity contribution < 1.29 is 0 Å². The number of hydrogen-bond acceptors (Lipinski definition) is 2. The number of nitrogens with zero attached hydrogens (tertiary/aromatic N) is 2.